The van der Waals surface area contributed by atoms with E-state index in [1.807, 2.05) is 12.2 Å². The van der Waals surface area contributed by atoms with Crippen molar-refractivity contribution in [2.75, 3.05) is 18.9 Å². The van der Waals surface area contributed by atoms with Crippen molar-refractivity contribution in [1.82, 2.24) is 4.90 Å². The van der Waals surface area contributed by atoms with Crippen LogP contribution < -0.4 is 0 Å². The average Bonchev–Trinajstić information content (AvgIpc) is 2.83. The van der Waals surface area contributed by atoms with E-state index in [0.717, 1.165) is 5.75 Å². The summed E-state index contributed by atoms with van der Waals surface area (Å²) in [4.78, 5) is 24.5. The number of carbonyl (C=O) groups excluding carboxylic acids is 2. The lowest BCUT2D eigenvalue weighted by Crippen LogP contribution is -2.36. The fourth-order valence-electron chi connectivity index (χ4n) is 2.07. The van der Waals surface area contributed by atoms with Crippen LogP contribution in [-0.2, 0) is 19.1 Å². The smallest absolute Gasteiger partial charge is 0.302 e. The van der Waals surface area contributed by atoms with Crippen molar-refractivity contribution in [2.45, 2.75) is 32.0 Å². The van der Waals surface area contributed by atoms with Crippen LogP contribution in [0.2, 0.25) is 0 Å². The Kier molecular flexibility index (Phi) is 5.56. The highest BCUT2D eigenvalue weighted by Gasteiger charge is 2.28. The Bertz CT molecular complexity index is 438. The number of thiocarbonyl (C=S) groups is 1. The topological polar surface area (TPSA) is 55.8 Å². The highest BCUT2D eigenvalue weighted by atomic mass is 32.2. The van der Waals surface area contributed by atoms with Crippen LogP contribution in [0.25, 0.3) is 0 Å². The highest BCUT2D eigenvalue weighted by Crippen LogP contribution is 2.21. The summed E-state index contributed by atoms with van der Waals surface area (Å²) >= 11 is 6.66. The molecule has 0 saturated carbocycles. The van der Waals surface area contributed by atoms with Gasteiger partial charge in [0.15, 0.2) is 0 Å². The maximum Gasteiger partial charge on any atom is 0.302 e. The van der Waals surface area contributed by atoms with Gasteiger partial charge < -0.3 is 9.47 Å². The van der Waals surface area contributed by atoms with E-state index in [4.69, 9.17) is 21.7 Å². The van der Waals surface area contributed by atoms with Gasteiger partial charge in [-0.2, -0.15) is 0 Å². The molecule has 0 aromatic carbocycles. The summed E-state index contributed by atoms with van der Waals surface area (Å²) in [5.74, 6) is 0.527. The molecule has 110 valence electrons. The van der Waals surface area contributed by atoms with Gasteiger partial charge in [-0.1, -0.05) is 36.1 Å². The predicted molar refractivity (Wildman–Crippen MR) is 80.4 cm³/mol. The van der Waals surface area contributed by atoms with Gasteiger partial charge in [-0.3, -0.25) is 14.5 Å². The molecule has 0 N–H and O–H groups in total. The van der Waals surface area contributed by atoms with E-state index >= 15 is 0 Å². The first-order chi connectivity index (χ1) is 9.56. The third kappa shape index (κ3) is 4.29. The molecular weight excluding hydrogens is 298 g/mol. The second-order valence-electron chi connectivity index (χ2n) is 4.63. The van der Waals surface area contributed by atoms with Gasteiger partial charge in [0.1, 0.15) is 10.9 Å². The van der Waals surface area contributed by atoms with Gasteiger partial charge >= 0.3 is 5.97 Å². The van der Waals surface area contributed by atoms with Crippen LogP contribution in [-0.4, -0.2) is 52.2 Å². The van der Waals surface area contributed by atoms with E-state index in [2.05, 4.69) is 0 Å². The van der Waals surface area contributed by atoms with Crippen molar-refractivity contribution in [3.63, 3.8) is 0 Å². The van der Waals surface area contributed by atoms with Crippen LogP contribution in [0.3, 0.4) is 0 Å². The maximum atomic E-state index is 12.1. The Hall–Kier alpha value is -0.920. The standard InChI is InChI=1S/C13H17NO4S2/c1-9(15)17-8-11-4-2-3-10(18-11)7-12(16)14-5-6-20-13(14)19/h2-3,10-11H,4-8H2,1H3/t10-,11-/m0/s1. The monoisotopic (exact) mass is 315 g/mol. The lowest BCUT2D eigenvalue weighted by Gasteiger charge is -2.26. The summed E-state index contributed by atoms with van der Waals surface area (Å²) in [5, 5.41) is 0. The fourth-order valence-corrected chi connectivity index (χ4v) is 3.31. The van der Waals surface area contributed by atoms with E-state index in [9.17, 15) is 9.59 Å². The molecule has 2 atom stereocenters. The van der Waals surface area contributed by atoms with Crippen LogP contribution in [0, 0.1) is 0 Å². The van der Waals surface area contributed by atoms with Crippen molar-refractivity contribution in [1.29, 1.82) is 0 Å². The zero-order valence-electron chi connectivity index (χ0n) is 11.2. The highest BCUT2D eigenvalue weighted by molar-refractivity contribution is 8.23. The molecule has 0 aliphatic carbocycles. The first-order valence-corrected chi connectivity index (χ1v) is 7.88. The van der Waals surface area contributed by atoms with Gasteiger partial charge in [-0.15, -0.1) is 0 Å². The molecule has 0 aromatic heterocycles. The van der Waals surface area contributed by atoms with Crippen LogP contribution in [0.15, 0.2) is 12.2 Å². The van der Waals surface area contributed by atoms with Gasteiger partial charge in [0.2, 0.25) is 5.91 Å². The summed E-state index contributed by atoms with van der Waals surface area (Å²) in [6.07, 6.45) is 4.36. The second kappa shape index (κ2) is 7.19. The molecule has 2 aliphatic rings. The molecule has 20 heavy (non-hydrogen) atoms. The molecular formula is C13H17NO4S2. The summed E-state index contributed by atoms with van der Waals surface area (Å²) in [7, 11) is 0. The molecule has 2 heterocycles. The van der Waals surface area contributed by atoms with Crippen molar-refractivity contribution >= 4 is 40.2 Å². The molecule has 0 spiro atoms. The fraction of sp³-hybridized carbons (Fsp3) is 0.615. The minimum atomic E-state index is -0.324. The van der Waals surface area contributed by atoms with E-state index in [-0.39, 0.29) is 37.1 Å². The number of rotatable bonds is 4. The van der Waals surface area contributed by atoms with Crippen LogP contribution in [0.1, 0.15) is 19.8 Å². The summed E-state index contributed by atoms with van der Waals surface area (Å²) in [5.41, 5.74) is 0. The molecule has 0 unspecified atom stereocenters. The minimum Gasteiger partial charge on any atom is -0.463 e. The minimum absolute atomic E-state index is 0.0113. The van der Waals surface area contributed by atoms with E-state index in [0.29, 0.717) is 17.3 Å². The number of esters is 1. The molecule has 1 saturated heterocycles. The first-order valence-electron chi connectivity index (χ1n) is 6.49. The molecule has 2 aliphatic heterocycles. The van der Waals surface area contributed by atoms with E-state index in [1.165, 1.54) is 18.7 Å². The zero-order valence-corrected chi connectivity index (χ0v) is 12.9. The third-order valence-electron chi connectivity index (χ3n) is 3.03. The number of amides is 1. The van der Waals surface area contributed by atoms with Gasteiger partial charge in [0.05, 0.1) is 18.6 Å². The molecule has 1 fully saturated rings. The lowest BCUT2D eigenvalue weighted by atomic mass is 10.1. The quantitative estimate of drug-likeness (QED) is 0.445. The van der Waals surface area contributed by atoms with Crippen LogP contribution in [0.5, 0.6) is 0 Å². The number of thioether (sulfide) groups is 1. The number of carbonyl (C=O) groups is 2. The Morgan fingerprint density at radius 1 is 1.60 bits per heavy atom. The number of hydrogen-bond acceptors (Lipinski definition) is 6. The SMILES string of the molecule is CC(=O)OC[C@@H]1CC=C[C@@H](CC(=O)N2CCSC2=S)O1. The average molecular weight is 315 g/mol. The summed E-state index contributed by atoms with van der Waals surface area (Å²) in [6.45, 7) is 2.27. The van der Waals surface area contributed by atoms with Gasteiger partial charge in [0.25, 0.3) is 0 Å². The van der Waals surface area contributed by atoms with Gasteiger partial charge in [-0.25, -0.2) is 0 Å². The molecule has 5 nitrogen and oxygen atoms in total. The molecule has 0 aromatic rings. The molecule has 2 rings (SSSR count). The number of ether oxygens (including phenoxy) is 2. The third-order valence-corrected chi connectivity index (χ3v) is 4.46. The van der Waals surface area contributed by atoms with Gasteiger partial charge in [0, 0.05) is 19.2 Å². The number of hydrogen-bond donors (Lipinski definition) is 0. The Morgan fingerprint density at radius 3 is 3.05 bits per heavy atom. The Balaban J connectivity index is 1.82. The molecule has 0 bridgehead atoms. The second-order valence-corrected chi connectivity index (χ2v) is 6.36. The van der Waals surface area contributed by atoms with Gasteiger partial charge in [-0.05, 0) is 6.42 Å². The summed E-state index contributed by atoms with van der Waals surface area (Å²) < 4.78 is 11.3. The molecule has 1 amide bonds. The maximum absolute atomic E-state index is 12.1. The molecule has 7 heteroatoms. The lowest BCUT2D eigenvalue weighted by molar-refractivity contribution is -0.147. The van der Waals surface area contributed by atoms with Crippen molar-refractivity contribution in [3.05, 3.63) is 12.2 Å². The van der Waals surface area contributed by atoms with E-state index in [1.54, 1.807) is 4.90 Å². The van der Waals surface area contributed by atoms with Crippen molar-refractivity contribution in [3.8, 4) is 0 Å². The van der Waals surface area contributed by atoms with Crippen molar-refractivity contribution in [2.24, 2.45) is 0 Å². The van der Waals surface area contributed by atoms with E-state index < -0.39 is 0 Å². The normalized spacial score (nSPS) is 25.9. The Labute approximate surface area is 127 Å². The largest absolute Gasteiger partial charge is 0.463 e. The number of nitrogens with zero attached hydrogens (tertiary/aromatic N) is 1. The molecule has 0 radical (unpaired) electrons. The van der Waals surface area contributed by atoms with Crippen molar-refractivity contribution < 1.29 is 19.1 Å². The van der Waals surface area contributed by atoms with Crippen LogP contribution >= 0.6 is 24.0 Å². The first kappa shape index (κ1) is 15.5. The Morgan fingerprint density at radius 2 is 2.40 bits per heavy atom. The zero-order chi connectivity index (χ0) is 14.5. The predicted octanol–water partition coefficient (Wildman–Crippen LogP) is 1.51. The van der Waals surface area contributed by atoms with Crippen LogP contribution in [0.4, 0.5) is 0 Å². The summed E-state index contributed by atoms with van der Waals surface area (Å²) in [6, 6.07) is 0.